The van der Waals surface area contributed by atoms with E-state index in [2.05, 4.69) is 22.8 Å². The lowest BCUT2D eigenvalue weighted by Gasteiger charge is -2.34. The molecule has 0 aromatic carbocycles. The number of thiophene rings is 1. The van der Waals surface area contributed by atoms with Crippen molar-refractivity contribution in [3.63, 3.8) is 0 Å². The lowest BCUT2D eigenvalue weighted by molar-refractivity contribution is -0.147. The van der Waals surface area contributed by atoms with Gasteiger partial charge in [-0.25, -0.2) is 0 Å². The van der Waals surface area contributed by atoms with E-state index < -0.39 is 11.5 Å². The number of carbonyl (C=O) groups is 1. The zero-order chi connectivity index (χ0) is 14.6. The SMILES string of the molecule is CC(C)NC1(C(=O)O)CCCC1CCSc1cccs1. The molecule has 2 atom stereocenters. The average molecular weight is 313 g/mol. The highest BCUT2D eigenvalue weighted by Gasteiger charge is 2.48. The molecule has 1 aliphatic rings. The van der Waals surface area contributed by atoms with Gasteiger partial charge >= 0.3 is 5.97 Å². The number of aliphatic carboxylic acids is 1. The van der Waals surface area contributed by atoms with Crippen LogP contribution in [0.2, 0.25) is 0 Å². The van der Waals surface area contributed by atoms with Crippen LogP contribution < -0.4 is 5.32 Å². The van der Waals surface area contributed by atoms with Crippen LogP contribution in [0.4, 0.5) is 0 Å². The van der Waals surface area contributed by atoms with Gasteiger partial charge in [-0.05, 0) is 56.2 Å². The van der Waals surface area contributed by atoms with Crippen molar-refractivity contribution in [1.29, 1.82) is 0 Å². The molecule has 2 unspecified atom stereocenters. The van der Waals surface area contributed by atoms with E-state index in [1.807, 2.05) is 25.6 Å². The minimum Gasteiger partial charge on any atom is -0.480 e. The fraction of sp³-hybridized carbons (Fsp3) is 0.667. The maximum Gasteiger partial charge on any atom is 0.324 e. The Labute approximate surface area is 129 Å². The molecule has 1 saturated carbocycles. The van der Waals surface area contributed by atoms with Gasteiger partial charge < -0.3 is 5.11 Å². The van der Waals surface area contributed by atoms with Crippen molar-refractivity contribution in [2.75, 3.05) is 5.75 Å². The number of hydrogen-bond donors (Lipinski definition) is 2. The van der Waals surface area contributed by atoms with Crippen LogP contribution in [0.15, 0.2) is 21.7 Å². The number of carboxylic acids is 1. The largest absolute Gasteiger partial charge is 0.480 e. The van der Waals surface area contributed by atoms with Crippen LogP contribution in [0.5, 0.6) is 0 Å². The van der Waals surface area contributed by atoms with Crippen molar-refractivity contribution in [1.82, 2.24) is 5.32 Å². The Morgan fingerprint density at radius 1 is 1.65 bits per heavy atom. The van der Waals surface area contributed by atoms with E-state index in [1.54, 1.807) is 11.3 Å². The van der Waals surface area contributed by atoms with Gasteiger partial charge in [-0.2, -0.15) is 0 Å². The van der Waals surface area contributed by atoms with Crippen molar-refractivity contribution >= 4 is 29.1 Å². The number of rotatable bonds is 7. The molecule has 0 spiro atoms. The van der Waals surface area contributed by atoms with E-state index in [1.165, 1.54) is 4.21 Å². The zero-order valence-corrected chi connectivity index (χ0v) is 13.7. The first kappa shape index (κ1) is 15.9. The summed E-state index contributed by atoms with van der Waals surface area (Å²) in [6, 6.07) is 4.39. The molecule has 2 N–H and O–H groups in total. The highest BCUT2D eigenvalue weighted by molar-refractivity contribution is 8.01. The van der Waals surface area contributed by atoms with Crippen molar-refractivity contribution in [3.05, 3.63) is 17.5 Å². The van der Waals surface area contributed by atoms with E-state index in [0.29, 0.717) is 0 Å². The van der Waals surface area contributed by atoms with Crippen LogP contribution in [-0.2, 0) is 4.79 Å². The van der Waals surface area contributed by atoms with Crippen molar-refractivity contribution in [2.24, 2.45) is 5.92 Å². The number of hydrogen-bond acceptors (Lipinski definition) is 4. The maximum absolute atomic E-state index is 11.8. The van der Waals surface area contributed by atoms with Crippen LogP contribution in [0.25, 0.3) is 0 Å². The molecule has 1 aromatic rings. The van der Waals surface area contributed by atoms with Crippen LogP contribution in [-0.4, -0.2) is 28.4 Å². The van der Waals surface area contributed by atoms with Crippen LogP contribution in [0.3, 0.4) is 0 Å². The summed E-state index contributed by atoms with van der Waals surface area (Å²) in [7, 11) is 0. The lowest BCUT2D eigenvalue weighted by Crippen LogP contribution is -2.57. The Morgan fingerprint density at radius 3 is 3.05 bits per heavy atom. The molecule has 0 radical (unpaired) electrons. The smallest absolute Gasteiger partial charge is 0.324 e. The summed E-state index contributed by atoms with van der Waals surface area (Å²) in [6.45, 7) is 4.06. The van der Waals surface area contributed by atoms with Gasteiger partial charge in [-0.15, -0.1) is 23.1 Å². The molecule has 0 saturated heterocycles. The first-order valence-corrected chi connectivity index (χ1v) is 9.08. The fourth-order valence-electron chi connectivity index (χ4n) is 3.16. The summed E-state index contributed by atoms with van der Waals surface area (Å²) in [5.74, 6) is 0.574. The summed E-state index contributed by atoms with van der Waals surface area (Å²) in [5.41, 5.74) is -0.704. The van der Waals surface area contributed by atoms with Crippen molar-refractivity contribution in [2.45, 2.75) is 55.3 Å². The van der Waals surface area contributed by atoms with E-state index in [9.17, 15) is 9.90 Å². The molecule has 2 rings (SSSR count). The van der Waals surface area contributed by atoms with Crippen LogP contribution in [0, 0.1) is 5.92 Å². The monoisotopic (exact) mass is 313 g/mol. The molecule has 20 heavy (non-hydrogen) atoms. The van der Waals surface area contributed by atoms with Gasteiger partial charge in [0.1, 0.15) is 5.54 Å². The third-order valence-corrected chi connectivity index (χ3v) is 6.12. The third-order valence-electron chi connectivity index (χ3n) is 3.95. The van der Waals surface area contributed by atoms with Crippen LogP contribution >= 0.6 is 23.1 Å². The summed E-state index contributed by atoms with van der Waals surface area (Å²) in [6.07, 6.45) is 3.76. The molecular weight excluding hydrogens is 290 g/mol. The first-order chi connectivity index (χ1) is 9.54. The fourth-order valence-corrected chi connectivity index (χ4v) is 5.08. The second-order valence-corrected chi connectivity index (χ2v) is 8.08. The molecule has 0 aliphatic heterocycles. The normalized spacial score (nSPS) is 26.2. The summed E-state index contributed by atoms with van der Waals surface area (Å²) in [4.78, 5) is 11.8. The van der Waals surface area contributed by atoms with E-state index in [0.717, 1.165) is 31.4 Å². The number of thioether (sulfide) groups is 1. The molecule has 3 nitrogen and oxygen atoms in total. The quantitative estimate of drug-likeness (QED) is 0.751. The predicted octanol–water partition coefficient (Wildman–Crippen LogP) is 3.85. The van der Waals surface area contributed by atoms with Gasteiger partial charge in [-0.1, -0.05) is 12.5 Å². The summed E-state index contributed by atoms with van der Waals surface area (Å²) >= 11 is 3.60. The van der Waals surface area contributed by atoms with E-state index in [-0.39, 0.29) is 12.0 Å². The first-order valence-electron chi connectivity index (χ1n) is 7.22. The Morgan fingerprint density at radius 2 is 2.45 bits per heavy atom. The molecule has 1 aromatic heterocycles. The van der Waals surface area contributed by atoms with Gasteiger partial charge in [0.05, 0.1) is 4.21 Å². The van der Waals surface area contributed by atoms with Gasteiger partial charge in [0, 0.05) is 6.04 Å². The topological polar surface area (TPSA) is 49.3 Å². The molecule has 0 amide bonds. The molecule has 0 bridgehead atoms. The van der Waals surface area contributed by atoms with Gasteiger partial charge in [0.2, 0.25) is 0 Å². The summed E-state index contributed by atoms with van der Waals surface area (Å²) in [5, 5.41) is 15.1. The standard InChI is InChI=1S/C15H23NO2S2/c1-11(2)16-15(14(17)18)8-3-5-12(15)7-10-20-13-6-4-9-19-13/h4,6,9,11-12,16H,3,5,7-8,10H2,1-2H3,(H,17,18). The van der Waals surface area contributed by atoms with Gasteiger partial charge in [-0.3, -0.25) is 10.1 Å². The Bertz CT molecular complexity index is 433. The average Bonchev–Trinajstić information content (AvgIpc) is 2.99. The Kier molecular flexibility index (Phi) is 5.52. The summed E-state index contributed by atoms with van der Waals surface area (Å²) < 4.78 is 1.32. The maximum atomic E-state index is 11.8. The molecule has 5 heteroatoms. The predicted molar refractivity (Wildman–Crippen MR) is 85.6 cm³/mol. The van der Waals surface area contributed by atoms with Gasteiger partial charge in [0.15, 0.2) is 0 Å². The van der Waals surface area contributed by atoms with Crippen molar-refractivity contribution < 1.29 is 9.90 Å². The second-order valence-electron chi connectivity index (χ2n) is 5.73. The highest BCUT2D eigenvalue weighted by atomic mass is 32.2. The van der Waals surface area contributed by atoms with E-state index >= 15 is 0 Å². The van der Waals surface area contributed by atoms with Crippen molar-refractivity contribution in [3.8, 4) is 0 Å². The molecule has 1 aliphatic carbocycles. The van der Waals surface area contributed by atoms with Crippen LogP contribution in [0.1, 0.15) is 39.5 Å². The molecule has 112 valence electrons. The molecule has 1 heterocycles. The Hall–Kier alpha value is -0.520. The van der Waals surface area contributed by atoms with E-state index in [4.69, 9.17) is 0 Å². The molecular formula is C15H23NO2S2. The lowest BCUT2D eigenvalue weighted by atomic mass is 9.84. The van der Waals surface area contributed by atoms with Gasteiger partial charge in [0.25, 0.3) is 0 Å². The minimum absolute atomic E-state index is 0.205. The molecule has 1 fully saturated rings. The highest BCUT2D eigenvalue weighted by Crippen LogP contribution is 2.40. The minimum atomic E-state index is -0.704. The third kappa shape index (κ3) is 3.57. The number of carboxylic acid groups (broad SMARTS) is 1. The Balaban J connectivity index is 1.95. The second kappa shape index (κ2) is 6.96. The zero-order valence-electron chi connectivity index (χ0n) is 12.1. The number of nitrogens with one attached hydrogen (secondary N) is 1.